The first-order valence-corrected chi connectivity index (χ1v) is 8.00. The summed E-state index contributed by atoms with van der Waals surface area (Å²) in [6, 6.07) is 3.97. The predicted molar refractivity (Wildman–Crippen MR) is 78.9 cm³/mol. The van der Waals surface area contributed by atoms with E-state index in [1.54, 1.807) is 11.3 Å². The third-order valence-corrected chi connectivity index (χ3v) is 4.99. The number of piperidine rings is 1. The number of hydrogen-bond acceptors (Lipinski definition) is 3. The molecule has 2 atom stereocenters. The second kappa shape index (κ2) is 6.88. The van der Waals surface area contributed by atoms with Crippen LogP contribution in [0.4, 0.5) is 0 Å². The molecule has 0 radical (unpaired) electrons. The summed E-state index contributed by atoms with van der Waals surface area (Å²) in [5.74, 6) is -0.333. The van der Waals surface area contributed by atoms with E-state index in [2.05, 4.69) is 0 Å². The van der Waals surface area contributed by atoms with Crippen LogP contribution >= 0.6 is 11.3 Å². The molecule has 110 valence electrons. The Balaban J connectivity index is 1.91. The van der Waals surface area contributed by atoms with Gasteiger partial charge in [-0.05, 0) is 43.6 Å². The minimum absolute atomic E-state index is 0.0896. The number of carbonyl (C=O) groups is 2. The van der Waals surface area contributed by atoms with Crippen molar-refractivity contribution in [2.75, 3.05) is 13.1 Å². The van der Waals surface area contributed by atoms with Gasteiger partial charge in [-0.1, -0.05) is 6.07 Å². The summed E-state index contributed by atoms with van der Waals surface area (Å²) in [6.45, 7) is 3.47. The highest BCUT2D eigenvalue weighted by molar-refractivity contribution is 7.10. The van der Waals surface area contributed by atoms with Crippen LogP contribution in [0, 0.1) is 5.92 Å². The summed E-state index contributed by atoms with van der Waals surface area (Å²) in [5.41, 5.74) is 0. The SMILES string of the molecule is CC(C(=O)N1CCCC(CCC(=O)O)C1)c1cccs1. The van der Waals surface area contributed by atoms with Crippen molar-refractivity contribution in [2.24, 2.45) is 5.92 Å². The second-order valence-corrected chi connectivity index (χ2v) is 6.44. The first-order valence-electron chi connectivity index (χ1n) is 7.12. The Morgan fingerprint density at radius 3 is 3.00 bits per heavy atom. The lowest BCUT2D eigenvalue weighted by Crippen LogP contribution is -2.41. The molecule has 1 saturated heterocycles. The molecule has 1 aliphatic heterocycles. The zero-order valence-electron chi connectivity index (χ0n) is 11.7. The van der Waals surface area contributed by atoms with E-state index in [-0.39, 0.29) is 18.2 Å². The Labute approximate surface area is 123 Å². The van der Waals surface area contributed by atoms with Crippen LogP contribution < -0.4 is 0 Å². The van der Waals surface area contributed by atoms with Gasteiger partial charge in [-0.2, -0.15) is 0 Å². The van der Waals surface area contributed by atoms with Gasteiger partial charge in [-0.15, -0.1) is 11.3 Å². The van der Waals surface area contributed by atoms with E-state index in [1.165, 1.54) is 0 Å². The van der Waals surface area contributed by atoms with Crippen molar-refractivity contribution in [1.29, 1.82) is 0 Å². The Morgan fingerprint density at radius 2 is 2.35 bits per heavy atom. The average molecular weight is 295 g/mol. The monoisotopic (exact) mass is 295 g/mol. The maximum Gasteiger partial charge on any atom is 0.303 e. The standard InChI is InChI=1S/C15H21NO3S/c1-11(13-5-3-9-20-13)15(19)16-8-2-4-12(10-16)6-7-14(17)18/h3,5,9,11-12H,2,4,6-8,10H2,1H3,(H,17,18). The van der Waals surface area contributed by atoms with Gasteiger partial charge in [0.2, 0.25) is 5.91 Å². The lowest BCUT2D eigenvalue weighted by Gasteiger charge is -2.34. The third-order valence-electron chi connectivity index (χ3n) is 3.94. The molecule has 2 unspecified atom stereocenters. The first kappa shape index (κ1) is 15.0. The Hall–Kier alpha value is -1.36. The van der Waals surface area contributed by atoms with Gasteiger partial charge in [0, 0.05) is 24.4 Å². The van der Waals surface area contributed by atoms with Crippen LogP contribution in [0.2, 0.25) is 0 Å². The van der Waals surface area contributed by atoms with Gasteiger partial charge in [0.1, 0.15) is 0 Å². The van der Waals surface area contributed by atoms with Gasteiger partial charge in [-0.25, -0.2) is 0 Å². The molecule has 20 heavy (non-hydrogen) atoms. The van der Waals surface area contributed by atoms with Gasteiger partial charge in [-0.3, -0.25) is 9.59 Å². The molecule has 1 fully saturated rings. The molecular weight excluding hydrogens is 274 g/mol. The van der Waals surface area contributed by atoms with Crippen molar-refractivity contribution < 1.29 is 14.7 Å². The fraction of sp³-hybridized carbons (Fsp3) is 0.600. The molecule has 0 aliphatic carbocycles. The van der Waals surface area contributed by atoms with Crippen molar-refractivity contribution in [3.8, 4) is 0 Å². The predicted octanol–water partition coefficient (Wildman–Crippen LogP) is 2.96. The highest BCUT2D eigenvalue weighted by Gasteiger charge is 2.27. The molecule has 0 bridgehead atoms. The molecular formula is C15H21NO3S. The van der Waals surface area contributed by atoms with Crippen LogP contribution in [0.3, 0.4) is 0 Å². The van der Waals surface area contributed by atoms with E-state index in [0.29, 0.717) is 18.9 Å². The molecule has 0 spiro atoms. The topological polar surface area (TPSA) is 57.6 Å². The van der Waals surface area contributed by atoms with Crippen molar-refractivity contribution in [1.82, 2.24) is 4.90 Å². The third kappa shape index (κ3) is 3.82. The first-order chi connectivity index (χ1) is 9.58. The molecule has 2 heterocycles. The van der Waals surface area contributed by atoms with Crippen molar-refractivity contribution in [2.45, 2.75) is 38.5 Å². The lowest BCUT2D eigenvalue weighted by molar-refractivity contribution is -0.137. The maximum absolute atomic E-state index is 12.5. The number of carbonyl (C=O) groups excluding carboxylic acids is 1. The van der Waals surface area contributed by atoms with Crippen molar-refractivity contribution in [3.05, 3.63) is 22.4 Å². The Kier molecular flexibility index (Phi) is 5.17. The van der Waals surface area contributed by atoms with Crippen molar-refractivity contribution in [3.63, 3.8) is 0 Å². The van der Waals surface area contributed by atoms with E-state index >= 15 is 0 Å². The molecule has 1 amide bonds. The Bertz CT molecular complexity index is 458. The number of amides is 1. The number of likely N-dealkylation sites (tertiary alicyclic amines) is 1. The maximum atomic E-state index is 12.5. The number of carboxylic acids is 1. The average Bonchev–Trinajstić information content (AvgIpc) is 2.98. The van der Waals surface area contributed by atoms with Gasteiger partial charge in [0.25, 0.3) is 0 Å². The van der Waals surface area contributed by atoms with Crippen molar-refractivity contribution >= 4 is 23.2 Å². The summed E-state index contributed by atoms with van der Waals surface area (Å²) in [6.07, 6.45) is 2.89. The number of aliphatic carboxylic acids is 1. The molecule has 1 aromatic rings. The number of thiophene rings is 1. The summed E-state index contributed by atoms with van der Waals surface area (Å²) in [7, 11) is 0. The minimum atomic E-state index is -0.750. The number of rotatable bonds is 5. The Morgan fingerprint density at radius 1 is 1.55 bits per heavy atom. The molecule has 2 rings (SSSR count). The van der Waals surface area contributed by atoms with Gasteiger partial charge in [0.15, 0.2) is 0 Å². The summed E-state index contributed by atoms with van der Waals surface area (Å²) >= 11 is 1.61. The van der Waals surface area contributed by atoms with E-state index in [0.717, 1.165) is 24.3 Å². The van der Waals surface area contributed by atoms with E-state index in [4.69, 9.17) is 5.11 Å². The second-order valence-electron chi connectivity index (χ2n) is 5.46. The minimum Gasteiger partial charge on any atom is -0.481 e. The molecule has 1 aromatic heterocycles. The quantitative estimate of drug-likeness (QED) is 0.908. The van der Waals surface area contributed by atoms with E-state index in [9.17, 15) is 9.59 Å². The summed E-state index contributed by atoms with van der Waals surface area (Å²) in [4.78, 5) is 26.2. The van der Waals surface area contributed by atoms with Gasteiger partial charge in [0.05, 0.1) is 5.92 Å². The fourth-order valence-corrected chi connectivity index (χ4v) is 3.54. The smallest absolute Gasteiger partial charge is 0.303 e. The zero-order valence-corrected chi connectivity index (χ0v) is 12.6. The van der Waals surface area contributed by atoms with Gasteiger partial charge < -0.3 is 10.0 Å². The zero-order chi connectivity index (χ0) is 14.5. The number of hydrogen-bond donors (Lipinski definition) is 1. The van der Waals surface area contributed by atoms with E-state index < -0.39 is 5.97 Å². The van der Waals surface area contributed by atoms with Crippen LogP contribution in [0.15, 0.2) is 17.5 Å². The molecule has 0 saturated carbocycles. The van der Waals surface area contributed by atoms with Crippen LogP contribution in [0.1, 0.15) is 43.4 Å². The largest absolute Gasteiger partial charge is 0.481 e. The molecule has 0 aromatic carbocycles. The number of nitrogens with zero attached hydrogens (tertiary/aromatic N) is 1. The number of carboxylic acid groups (broad SMARTS) is 1. The molecule has 1 N–H and O–H groups in total. The summed E-state index contributed by atoms with van der Waals surface area (Å²) in [5, 5.41) is 10.7. The van der Waals surface area contributed by atoms with Gasteiger partial charge >= 0.3 is 5.97 Å². The normalized spacial score (nSPS) is 20.6. The van der Waals surface area contributed by atoms with Crippen LogP contribution in [0.5, 0.6) is 0 Å². The van der Waals surface area contributed by atoms with E-state index in [1.807, 2.05) is 29.3 Å². The molecule has 4 nitrogen and oxygen atoms in total. The van der Waals surface area contributed by atoms with Crippen LogP contribution in [-0.2, 0) is 9.59 Å². The fourth-order valence-electron chi connectivity index (χ4n) is 2.76. The highest BCUT2D eigenvalue weighted by atomic mass is 32.1. The molecule has 1 aliphatic rings. The highest BCUT2D eigenvalue weighted by Crippen LogP contribution is 2.27. The van der Waals surface area contributed by atoms with Crippen LogP contribution in [-0.4, -0.2) is 35.0 Å². The lowest BCUT2D eigenvalue weighted by atomic mass is 9.92. The molecule has 5 heteroatoms. The van der Waals surface area contributed by atoms with Crippen LogP contribution in [0.25, 0.3) is 0 Å². The summed E-state index contributed by atoms with van der Waals surface area (Å²) < 4.78 is 0.